The molecule has 0 spiro atoms. The first-order valence-corrected chi connectivity index (χ1v) is 11.5. The molecule has 178 valence electrons. The van der Waals surface area contributed by atoms with Crippen LogP contribution in [0.5, 0.6) is 5.75 Å². The lowest BCUT2D eigenvalue weighted by Crippen LogP contribution is -2.34. The molecular weight excluding hydrogens is 456 g/mol. The number of halogens is 1. The van der Waals surface area contributed by atoms with Crippen molar-refractivity contribution in [3.8, 4) is 5.75 Å². The van der Waals surface area contributed by atoms with E-state index in [-0.39, 0.29) is 23.9 Å². The molecule has 3 unspecified atom stereocenters. The Bertz CT molecular complexity index is 1350. The molecule has 3 aromatic heterocycles. The van der Waals surface area contributed by atoms with Gasteiger partial charge in [0.2, 0.25) is 0 Å². The standard InChI is InChI=1S/C24H27ClN6O3/c1-24(2,32)34-20-9-15(31-6-5-17-21(26)28-12-29-23(17)31)7-14(20)11-33-16-4-3-13-8-18(25)22(27)30-19(13)10-16/h3-6,8,10,12,14-15,20,32H,7,9,11H2,1-2H3,(H2,27,30)(H2,26,28,29). The number of anilines is 2. The fourth-order valence-electron chi connectivity index (χ4n) is 4.69. The van der Waals surface area contributed by atoms with Gasteiger partial charge >= 0.3 is 0 Å². The molecule has 0 amide bonds. The van der Waals surface area contributed by atoms with Crippen LogP contribution in [0, 0.1) is 5.92 Å². The summed E-state index contributed by atoms with van der Waals surface area (Å²) in [6.45, 7) is 3.70. The molecule has 1 fully saturated rings. The number of hydrogen-bond acceptors (Lipinski definition) is 8. The average Bonchev–Trinajstić information content (AvgIpc) is 3.36. The SMILES string of the molecule is CC(C)(O)OC1CC(n2ccc3c(N)ncnc32)CC1COc1ccc2cc(Cl)c(N)nc2c1. The van der Waals surface area contributed by atoms with Crippen LogP contribution in [-0.2, 0) is 4.74 Å². The van der Waals surface area contributed by atoms with E-state index in [4.69, 9.17) is 32.5 Å². The van der Waals surface area contributed by atoms with Crippen molar-refractivity contribution in [3.63, 3.8) is 0 Å². The summed E-state index contributed by atoms with van der Waals surface area (Å²) in [6.07, 6.45) is 4.76. The van der Waals surface area contributed by atoms with Crippen LogP contribution in [0.1, 0.15) is 32.7 Å². The quantitative estimate of drug-likeness (QED) is 0.352. The Labute approximate surface area is 201 Å². The number of ether oxygens (including phenoxy) is 2. The molecule has 3 heterocycles. The van der Waals surface area contributed by atoms with E-state index in [0.717, 1.165) is 22.8 Å². The molecule has 0 saturated heterocycles. The number of pyridine rings is 1. The van der Waals surface area contributed by atoms with Gasteiger partial charge in [-0.15, -0.1) is 0 Å². The number of aliphatic hydroxyl groups is 1. The normalized spacial score (nSPS) is 20.9. The molecule has 1 aliphatic rings. The number of rotatable bonds is 6. The lowest BCUT2D eigenvalue weighted by molar-refractivity contribution is -0.214. The highest BCUT2D eigenvalue weighted by molar-refractivity contribution is 6.33. The van der Waals surface area contributed by atoms with E-state index in [1.807, 2.05) is 30.5 Å². The van der Waals surface area contributed by atoms with Gasteiger partial charge in [0.15, 0.2) is 5.79 Å². The number of nitrogen functional groups attached to an aromatic ring is 2. The fourth-order valence-corrected chi connectivity index (χ4v) is 4.85. The lowest BCUT2D eigenvalue weighted by Gasteiger charge is -2.27. The van der Waals surface area contributed by atoms with Gasteiger partial charge in [0.05, 0.1) is 28.6 Å². The van der Waals surface area contributed by atoms with Crippen LogP contribution < -0.4 is 16.2 Å². The highest BCUT2D eigenvalue weighted by Crippen LogP contribution is 2.40. The van der Waals surface area contributed by atoms with Crippen molar-refractivity contribution in [2.75, 3.05) is 18.1 Å². The third-order valence-corrected chi connectivity index (χ3v) is 6.51. The topological polar surface area (TPSA) is 134 Å². The van der Waals surface area contributed by atoms with Crippen molar-refractivity contribution in [3.05, 3.63) is 47.9 Å². The molecule has 0 radical (unpaired) electrons. The van der Waals surface area contributed by atoms with E-state index in [9.17, 15) is 5.11 Å². The first kappa shape index (κ1) is 22.6. The summed E-state index contributed by atoms with van der Waals surface area (Å²) in [6, 6.07) is 9.47. The van der Waals surface area contributed by atoms with Crippen LogP contribution >= 0.6 is 11.6 Å². The zero-order valence-electron chi connectivity index (χ0n) is 19.0. The number of nitrogens with two attached hydrogens (primary N) is 2. The minimum atomic E-state index is -1.26. The largest absolute Gasteiger partial charge is 0.493 e. The van der Waals surface area contributed by atoms with Crippen LogP contribution in [0.4, 0.5) is 11.6 Å². The summed E-state index contributed by atoms with van der Waals surface area (Å²) in [4.78, 5) is 12.8. The predicted molar refractivity (Wildman–Crippen MR) is 132 cm³/mol. The average molecular weight is 483 g/mol. The first-order valence-electron chi connectivity index (χ1n) is 11.1. The molecule has 5 N–H and O–H groups in total. The maximum absolute atomic E-state index is 10.3. The monoisotopic (exact) mass is 482 g/mol. The molecule has 10 heteroatoms. The van der Waals surface area contributed by atoms with E-state index < -0.39 is 5.79 Å². The second-order valence-corrected chi connectivity index (χ2v) is 9.64. The Morgan fingerprint density at radius 2 is 1.97 bits per heavy atom. The molecule has 4 aromatic rings. The van der Waals surface area contributed by atoms with Gasteiger partial charge in [-0.05, 0) is 51.0 Å². The number of nitrogens with zero attached hydrogens (tertiary/aromatic N) is 4. The summed E-state index contributed by atoms with van der Waals surface area (Å²) in [5.41, 5.74) is 13.4. The molecule has 0 bridgehead atoms. The molecule has 34 heavy (non-hydrogen) atoms. The van der Waals surface area contributed by atoms with Crippen LogP contribution in [0.2, 0.25) is 5.02 Å². The summed E-state index contributed by atoms with van der Waals surface area (Å²) in [5, 5.41) is 12.5. The van der Waals surface area contributed by atoms with E-state index in [0.29, 0.717) is 35.1 Å². The van der Waals surface area contributed by atoms with Gasteiger partial charge in [0.1, 0.15) is 29.4 Å². The van der Waals surface area contributed by atoms with Gasteiger partial charge in [-0.25, -0.2) is 15.0 Å². The second kappa shape index (κ2) is 8.57. The van der Waals surface area contributed by atoms with Crippen molar-refractivity contribution in [1.82, 2.24) is 19.5 Å². The molecular formula is C24H27ClN6O3. The maximum atomic E-state index is 10.3. The zero-order chi connectivity index (χ0) is 24.0. The predicted octanol–water partition coefficient (Wildman–Crippen LogP) is 3.94. The van der Waals surface area contributed by atoms with Gasteiger partial charge in [-0.1, -0.05) is 11.6 Å². The third-order valence-electron chi connectivity index (χ3n) is 6.21. The number of aromatic nitrogens is 4. The van der Waals surface area contributed by atoms with E-state index in [2.05, 4.69) is 19.5 Å². The third kappa shape index (κ3) is 4.46. The second-order valence-electron chi connectivity index (χ2n) is 9.23. The Kier molecular flexibility index (Phi) is 5.71. The van der Waals surface area contributed by atoms with E-state index >= 15 is 0 Å². The minimum absolute atomic E-state index is 0.0482. The van der Waals surface area contributed by atoms with Crippen LogP contribution in [0.25, 0.3) is 21.9 Å². The van der Waals surface area contributed by atoms with Gasteiger partial charge in [0, 0.05) is 29.6 Å². The zero-order valence-corrected chi connectivity index (χ0v) is 19.7. The summed E-state index contributed by atoms with van der Waals surface area (Å²) in [5.74, 6) is 0.211. The maximum Gasteiger partial charge on any atom is 0.160 e. The Hall–Kier alpha value is -3.14. The molecule has 1 saturated carbocycles. The number of hydrogen-bond donors (Lipinski definition) is 3. The smallest absolute Gasteiger partial charge is 0.160 e. The minimum Gasteiger partial charge on any atom is -0.493 e. The first-order chi connectivity index (χ1) is 16.2. The van der Waals surface area contributed by atoms with Gasteiger partial charge in [-0.2, -0.15) is 0 Å². The molecule has 9 nitrogen and oxygen atoms in total. The molecule has 1 aliphatic carbocycles. The highest BCUT2D eigenvalue weighted by Gasteiger charge is 2.39. The van der Waals surface area contributed by atoms with Crippen LogP contribution in [0.3, 0.4) is 0 Å². The van der Waals surface area contributed by atoms with Crippen molar-refractivity contribution in [2.24, 2.45) is 5.92 Å². The van der Waals surface area contributed by atoms with Gasteiger partial charge in [0.25, 0.3) is 0 Å². The highest BCUT2D eigenvalue weighted by atomic mass is 35.5. The number of benzene rings is 1. The van der Waals surface area contributed by atoms with Crippen LogP contribution in [-0.4, -0.2) is 43.1 Å². The fraction of sp³-hybridized carbons (Fsp3) is 0.375. The Balaban J connectivity index is 1.37. The van der Waals surface area contributed by atoms with Crippen molar-refractivity contribution < 1.29 is 14.6 Å². The van der Waals surface area contributed by atoms with Crippen molar-refractivity contribution >= 4 is 45.2 Å². The van der Waals surface area contributed by atoms with Crippen molar-refractivity contribution in [1.29, 1.82) is 0 Å². The van der Waals surface area contributed by atoms with Gasteiger partial charge in [-0.3, -0.25) is 0 Å². The molecule has 3 atom stereocenters. The molecule has 0 aliphatic heterocycles. The van der Waals surface area contributed by atoms with Gasteiger partial charge < -0.3 is 30.6 Å². The van der Waals surface area contributed by atoms with E-state index in [1.54, 1.807) is 19.9 Å². The molecule has 5 rings (SSSR count). The summed E-state index contributed by atoms with van der Waals surface area (Å²) >= 11 is 6.07. The Morgan fingerprint density at radius 1 is 1.15 bits per heavy atom. The lowest BCUT2D eigenvalue weighted by atomic mass is 10.1. The summed E-state index contributed by atoms with van der Waals surface area (Å²) in [7, 11) is 0. The van der Waals surface area contributed by atoms with Crippen LogP contribution in [0.15, 0.2) is 42.9 Å². The number of fused-ring (bicyclic) bond motifs is 2. The Morgan fingerprint density at radius 3 is 2.76 bits per heavy atom. The van der Waals surface area contributed by atoms with E-state index in [1.165, 1.54) is 6.33 Å². The molecule has 1 aromatic carbocycles. The summed E-state index contributed by atoms with van der Waals surface area (Å²) < 4.78 is 14.3. The van der Waals surface area contributed by atoms with Crippen molar-refractivity contribution in [2.45, 2.75) is 44.6 Å².